The molecule has 2 aliphatic heterocycles. The lowest BCUT2D eigenvalue weighted by atomic mass is 10.1. The van der Waals surface area contributed by atoms with Crippen LogP contribution in [0, 0.1) is 18.3 Å². The van der Waals surface area contributed by atoms with Gasteiger partial charge in [-0.05, 0) is 12.1 Å². The van der Waals surface area contributed by atoms with E-state index in [4.69, 9.17) is 11.2 Å². The Morgan fingerprint density at radius 1 is 1.35 bits per heavy atom. The predicted octanol–water partition coefficient (Wildman–Crippen LogP) is 0.904. The Bertz CT molecular complexity index is 529. The predicted molar refractivity (Wildman–Crippen MR) is 76.6 cm³/mol. The molecule has 1 aromatic rings. The zero-order valence-corrected chi connectivity index (χ0v) is 11.3. The number of rotatable bonds is 2. The van der Waals surface area contributed by atoms with Crippen molar-refractivity contribution in [3.8, 4) is 12.3 Å². The Hall–Kier alpha value is -2.06. The van der Waals surface area contributed by atoms with E-state index >= 15 is 0 Å². The first kappa shape index (κ1) is 12.9. The fraction of sp³-hybridized carbons (Fsp3) is 0.467. The van der Waals surface area contributed by atoms with Crippen LogP contribution in [0.25, 0.3) is 0 Å². The highest BCUT2D eigenvalue weighted by Crippen LogP contribution is 2.25. The third-order valence-electron chi connectivity index (χ3n) is 3.74. The van der Waals surface area contributed by atoms with Crippen LogP contribution in [0.4, 0.5) is 11.5 Å². The van der Waals surface area contributed by atoms with E-state index < -0.39 is 0 Å². The van der Waals surface area contributed by atoms with Crippen molar-refractivity contribution in [2.24, 2.45) is 5.92 Å². The van der Waals surface area contributed by atoms with Gasteiger partial charge in [0.2, 0.25) is 5.91 Å². The van der Waals surface area contributed by atoms with Gasteiger partial charge in [0.1, 0.15) is 5.82 Å². The number of carbonyl (C=O) groups excluding carboxylic acids is 1. The van der Waals surface area contributed by atoms with Gasteiger partial charge in [-0.1, -0.05) is 0 Å². The van der Waals surface area contributed by atoms with Crippen molar-refractivity contribution in [3.63, 3.8) is 0 Å². The number of terminal acetylenes is 1. The van der Waals surface area contributed by atoms with Gasteiger partial charge in [-0.15, -0.1) is 12.3 Å². The molecule has 1 amide bonds. The molecule has 5 heteroatoms. The summed E-state index contributed by atoms with van der Waals surface area (Å²) in [6.07, 6.45) is 7.58. The Morgan fingerprint density at radius 3 is 2.75 bits per heavy atom. The first-order valence-electron chi connectivity index (χ1n) is 6.83. The van der Waals surface area contributed by atoms with Crippen molar-refractivity contribution < 1.29 is 9.53 Å². The second-order valence-electron chi connectivity index (χ2n) is 5.05. The molecule has 2 fully saturated rings. The summed E-state index contributed by atoms with van der Waals surface area (Å²) in [6, 6.07) is 3.89. The van der Waals surface area contributed by atoms with Gasteiger partial charge in [-0.2, -0.15) is 0 Å². The minimum Gasteiger partial charge on any atom is -0.378 e. The lowest BCUT2D eigenvalue weighted by molar-refractivity contribution is -0.117. The van der Waals surface area contributed by atoms with Crippen molar-refractivity contribution >= 4 is 17.4 Å². The van der Waals surface area contributed by atoms with Crippen molar-refractivity contribution in [1.82, 2.24) is 4.98 Å². The maximum Gasteiger partial charge on any atom is 0.228 e. The molecule has 1 aromatic heterocycles. The summed E-state index contributed by atoms with van der Waals surface area (Å²) in [5.74, 6) is 3.67. The number of aromatic nitrogens is 1. The molecule has 0 N–H and O–H groups in total. The van der Waals surface area contributed by atoms with Gasteiger partial charge < -0.3 is 14.5 Å². The lowest BCUT2D eigenvalue weighted by Gasteiger charge is -2.28. The van der Waals surface area contributed by atoms with Gasteiger partial charge in [0.25, 0.3) is 0 Å². The van der Waals surface area contributed by atoms with Crippen LogP contribution >= 0.6 is 0 Å². The molecule has 0 bridgehead atoms. The molecule has 3 rings (SSSR count). The number of hydrogen-bond donors (Lipinski definition) is 0. The minimum atomic E-state index is 0.0152. The number of pyridine rings is 1. The normalized spacial score (nSPS) is 22.9. The van der Waals surface area contributed by atoms with Gasteiger partial charge in [-0.25, -0.2) is 4.98 Å². The molecule has 2 aliphatic rings. The van der Waals surface area contributed by atoms with Crippen molar-refractivity contribution in [2.45, 2.75) is 6.42 Å². The molecule has 104 valence electrons. The molecule has 1 atom stereocenters. The first-order valence-corrected chi connectivity index (χ1v) is 6.83. The summed E-state index contributed by atoms with van der Waals surface area (Å²) in [5.41, 5.74) is 0.824. The Balaban J connectivity index is 1.73. The number of hydrogen-bond acceptors (Lipinski definition) is 4. The van der Waals surface area contributed by atoms with Crippen molar-refractivity contribution in [3.05, 3.63) is 18.3 Å². The van der Waals surface area contributed by atoms with Crippen molar-refractivity contribution in [2.75, 3.05) is 42.6 Å². The van der Waals surface area contributed by atoms with E-state index in [2.05, 4.69) is 15.8 Å². The Labute approximate surface area is 118 Å². The summed E-state index contributed by atoms with van der Waals surface area (Å²) < 4.78 is 5.32. The molecule has 0 spiro atoms. The molecule has 2 saturated heterocycles. The number of anilines is 2. The van der Waals surface area contributed by atoms with E-state index in [1.165, 1.54) is 0 Å². The SMILES string of the molecule is C#CC1CC(=O)N(c2ccc(N3CCOCC3)nc2)C1. The summed E-state index contributed by atoms with van der Waals surface area (Å²) in [6.45, 7) is 3.77. The molecule has 20 heavy (non-hydrogen) atoms. The van der Waals surface area contributed by atoms with Crippen LogP contribution in [0.3, 0.4) is 0 Å². The van der Waals surface area contributed by atoms with E-state index in [-0.39, 0.29) is 11.8 Å². The van der Waals surface area contributed by atoms with Gasteiger partial charge >= 0.3 is 0 Å². The second-order valence-corrected chi connectivity index (χ2v) is 5.05. The maximum atomic E-state index is 11.9. The van der Waals surface area contributed by atoms with Gasteiger partial charge in [-0.3, -0.25) is 4.79 Å². The average Bonchev–Trinajstić information content (AvgIpc) is 2.89. The van der Waals surface area contributed by atoms with Crippen LogP contribution in [0.15, 0.2) is 18.3 Å². The summed E-state index contributed by atoms with van der Waals surface area (Å²) in [4.78, 5) is 20.3. The highest BCUT2D eigenvalue weighted by Gasteiger charge is 2.29. The Morgan fingerprint density at radius 2 is 2.15 bits per heavy atom. The van der Waals surface area contributed by atoms with E-state index in [0.717, 1.165) is 37.8 Å². The third kappa shape index (κ3) is 2.47. The monoisotopic (exact) mass is 271 g/mol. The Kier molecular flexibility index (Phi) is 3.57. The van der Waals surface area contributed by atoms with Crippen LogP contribution in [0.2, 0.25) is 0 Å². The highest BCUT2D eigenvalue weighted by molar-refractivity contribution is 5.96. The second kappa shape index (κ2) is 5.51. The summed E-state index contributed by atoms with van der Waals surface area (Å²) >= 11 is 0. The smallest absolute Gasteiger partial charge is 0.228 e. The number of morpholine rings is 1. The van der Waals surface area contributed by atoms with Gasteiger partial charge in [0.05, 0.1) is 25.1 Å². The largest absolute Gasteiger partial charge is 0.378 e. The van der Waals surface area contributed by atoms with Crippen molar-refractivity contribution in [1.29, 1.82) is 0 Å². The highest BCUT2D eigenvalue weighted by atomic mass is 16.5. The summed E-state index contributed by atoms with van der Waals surface area (Å²) in [7, 11) is 0. The molecular formula is C15H17N3O2. The minimum absolute atomic E-state index is 0.0152. The van der Waals surface area contributed by atoms with E-state index in [0.29, 0.717) is 13.0 Å². The topological polar surface area (TPSA) is 45.7 Å². The zero-order chi connectivity index (χ0) is 13.9. The quantitative estimate of drug-likeness (QED) is 0.750. The fourth-order valence-corrected chi connectivity index (χ4v) is 2.59. The van der Waals surface area contributed by atoms with E-state index in [1.54, 1.807) is 11.1 Å². The van der Waals surface area contributed by atoms with E-state index in [1.807, 2.05) is 12.1 Å². The van der Waals surface area contributed by atoms with Crippen LogP contribution in [0.1, 0.15) is 6.42 Å². The number of nitrogens with zero attached hydrogens (tertiary/aromatic N) is 3. The molecule has 0 radical (unpaired) electrons. The molecule has 1 unspecified atom stereocenters. The third-order valence-corrected chi connectivity index (χ3v) is 3.74. The maximum absolute atomic E-state index is 11.9. The van der Waals surface area contributed by atoms with Crippen LogP contribution in [-0.4, -0.2) is 43.7 Å². The molecule has 0 saturated carbocycles. The number of carbonyl (C=O) groups is 1. The standard InChI is InChI=1S/C15H17N3O2/c1-2-12-9-15(19)18(11-12)13-3-4-14(16-10-13)17-5-7-20-8-6-17/h1,3-4,10,12H,5-9,11H2. The van der Waals surface area contributed by atoms with E-state index in [9.17, 15) is 4.79 Å². The van der Waals surface area contributed by atoms with Crippen LogP contribution < -0.4 is 9.80 Å². The molecule has 0 aromatic carbocycles. The molecule has 0 aliphatic carbocycles. The van der Waals surface area contributed by atoms with Gasteiger partial charge in [0.15, 0.2) is 0 Å². The van der Waals surface area contributed by atoms with Crippen LogP contribution in [-0.2, 0) is 9.53 Å². The molecular weight excluding hydrogens is 254 g/mol. The molecule has 5 nitrogen and oxygen atoms in total. The molecule has 3 heterocycles. The van der Waals surface area contributed by atoms with Crippen LogP contribution in [0.5, 0.6) is 0 Å². The zero-order valence-electron chi connectivity index (χ0n) is 11.3. The fourth-order valence-electron chi connectivity index (χ4n) is 2.59. The van der Waals surface area contributed by atoms with Gasteiger partial charge in [0, 0.05) is 32.0 Å². The average molecular weight is 271 g/mol. The lowest BCUT2D eigenvalue weighted by Crippen LogP contribution is -2.36. The number of amides is 1. The number of ether oxygens (including phenoxy) is 1. The first-order chi connectivity index (χ1) is 9.78. The summed E-state index contributed by atoms with van der Waals surface area (Å²) in [5, 5.41) is 0.